The molecular formula is C15H19N3O6. The van der Waals surface area contributed by atoms with Gasteiger partial charge in [-0.2, -0.15) is 0 Å². The van der Waals surface area contributed by atoms with Gasteiger partial charge in [0.1, 0.15) is 5.69 Å². The summed E-state index contributed by atoms with van der Waals surface area (Å²) in [7, 11) is 3.08. The highest BCUT2D eigenvalue weighted by Gasteiger charge is 2.24. The third kappa shape index (κ3) is 4.19. The van der Waals surface area contributed by atoms with Crippen molar-refractivity contribution in [3.63, 3.8) is 0 Å². The van der Waals surface area contributed by atoms with Crippen LogP contribution in [0.5, 0.6) is 0 Å². The van der Waals surface area contributed by atoms with Gasteiger partial charge in [-0.1, -0.05) is 0 Å². The van der Waals surface area contributed by atoms with Gasteiger partial charge in [-0.3, -0.25) is 14.9 Å². The van der Waals surface area contributed by atoms with Gasteiger partial charge in [0.2, 0.25) is 0 Å². The van der Waals surface area contributed by atoms with Crippen molar-refractivity contribution in [2.24, 2.45) is 0 Å². The Morgan fingerprint density at radius 3 is 2.58 bits per heavy atom. The number of amides is 1. The summed E-state index contributed by atoms with van der Waals surface area (Å²) >= 11 is 0. The number of carbonyl (C=O) groups excluding carboxylic acids is 2. The number of nitro groups is 1. The summed E-state index contributed by atoms with van der Waals surface area (Å²) in [5.41, 5.74) is 0.291. The number of nitro benzene ring substituents is 1. The molecular weight excluding hydrogens is 318 g/mol. The van der Waals surface area contributed by atoms with Crippen LogP contribution in [-0.2, 0) is 14.3 Å². The van der Waals surface area contributed by atoms with E-state index in [-0.39, 0.29) is 17.2 Å². The number of benzene rings is 1. The zero-order valence-electron chi connectivity index (χ0n) is 13.6. The number of ether oxygens (including phenoxy) is 2. The molecule has 9 heteroatoms. The number of esters is 1. The third-order valence-corrected chi connectivity index (χ3v) is 3.59. The number of anilines is 1. The number of hydrogen-bond donors (Lipinski definition) is 0. The molecule has 0 aromatic heterocycles. The Balaban J connectivity index is 2.17. The van der Waals surface area contributed by atoms with Gasteiger partial charge >= 0.3 is 5.97 Å². The van der Waals surface area contributed by atoms with Crippen LogP contribution in [-0.4, -0.2) is 68.7 Å². The third-order valence-electron chi connectivity index (χ3n) is 3.59. The van der Waals surface area contributed by atoms with Gasteiger partial charge in [0, 0.05) is 33.3 Å². The van der Waals surface area contributed by atoms with Crippen LogP contribution in [0.4, 0.5) is 11.4 Å². The maximum Gasteiger partial charge on any atom is 0.338 e. The van der Waals surface area contributed by atoms with Gasteiger partial charge in [-0.15, -0.1) is 0 Å². The van der Waals surface area contributed by atoms with Gasteiger partial charge in [-0.05, 0) is 12.1 Å². The molecule has 0 N–H and O–H groups in total. The highest BCUT2D eigenvalue weighted by molar-refractivity contribution is 5.93. The van der Waals surface area contributed by atoms with Gasteiger partial charge in [0.25, 0.3) is 11.6 Å². The molecule has 24 heavy (non-hydrogen) atoms. The van der Waals surface area contributed by atoms with Crippen LogP contribution >= 0.6 is 0 Å². The molecule has 0 aliphatic carbocycles. The van der Waals surface area contributed by atoms with Crippen LogP contribution in [0, 0.1) is 10.1 Å². The summed E-state index contributed by atoms with van der Waals surface area (Å²) in [5, 5.41) is 11.3. The van der Waals surface area contributed by atoms with Crippen LogP contribution in [0.15, 0.2) is 18.2 Å². The summed E-state index contributed by atoms with van der Waals surface area (Å²) in [6.07, 6.45) is 0. The number of hydrogen-bond acceptors (Lipinski definition) is 7. The zero-order valence-corrected chi connectivity index (χ0v) is 13.6. The largest absolute Gasteiger partial charge is 0.452 e. The molecule has 1 aromatic carbocycles. The van der Waals surface area contributed by atoms with Crippen molar-refractivity contribution in [2.75, 3.05) is 51.9 Å². The van der Waals surface area contributed by atoms with Crippen molar-refractivity contribution in [3.05, 3.63) is 33.9 Å². The monoisotopic (exact) mass is 337 g/mol. The minimum absolute atomic E-state index is 0.0327. The van der Waals surface area contributed by atoms with E-state index in [9.17, 15) is 19.7 Å². The van der Waals surface area contributed by atoms with E-state index in [1.165, 1.54) is 37.2 Å². The minimum Gasteiger partial charge on any atom is -0.452 e. The molecule has 0 spiro atoms. The molecule has 1 aliphatic heterocycles. The van der Waals surface area contributed by atoms with Crippen LogP contribution < -0.4 is 4.90 Å². The second-order valence-electron chi connectivity index (χ2n) is 5.42. The SMILES string of the molecule is CN(C)C(=O)COC(=O)c1ccc(N2CCOCC2)c([N+](=O)[O-])c1. The van der Waals surface area contributed by atoms with Crippen molar-refractivity contribution in [1.82, 2.24) is 4.90 Å². The second kappa shape index (κ2) is 7.73. The van der Waals surface area contributed by atoms with E-state index in [1.807, 2.05) is 4.90 Å². The molecule has 1 fully saturated rings. The van der Waals surface area contributed by atoms with Crippen LogP contribution in [0.1, 0.15) is 10.4 Å². The number of morpholine rings is 1. The minimum atomic E-state index is -0.776. The van der Waals surface area contributed by atoms with Crippen LogP contribution in [0.25, 0.3) is 0 Å². The molecule has 0 unspecified atom stereocenters. The van der Waals surface area contributed by atoms with E-state index >= 15 is 0 Å². The van der Waals surface area contributed by atoms with Crippen molar-refractivity contribution in [2.45, 2.75) is 0 Å². The Morgan fingerprint density at radius 1 is 1.33 bits per heavy atom. The van der Waals surface area contributed by atoms with E-state index in [0.717, 1.165) is 0 Å². The predicted octanol–water partition coefficient (Wildman–Crippen LogP) is 0.676. The summed E-state index contributed by atoms with van der Waals surface area (Å²) < 4.78 is 10.1. The lowest BCUT2D eigenvalue weighted by atomic mass is 10.1. The quantitative estimate of drug-likeness (QED) is 0.442. The number of carbonyl (C=O) groups is 2. The number of nitrogens with zero attached hydrogens (tertiary/aromatic N) is 3. The van der Waals surface area contributed by atoms with E-state index in [4.69, 9.17) is 9.47 Å². The summed E-state index contributed by atoms with van der Waals surface area (Å²) in [6, 6.07) is 4.15. The predicted molar refractivity (Wildman–Crippen MR) is 85.1 cm³/mol. The fourth-order valence-electron chi connectivity index (χ4n) is 2.21. The molecule has 9 nitrogen and oxygen atoms in total. The summed E-state index contributed by atoms with van der Waals surface area (Å²) in [4.78, 5) is 37.3. The lowest BCUT2D eigenvalue weighted by Gasteiger charge is -2.28. The van der Waals surface area contributed by atoms with Gasteiger partial charge < -0.3 is 19.3 Å². The topological polar surface area (TPSA) is 102 Å². The van der Waals surface area contributed by atoms with E-state index in [0.29, 0.717) is 32.0 Å². The Bertz CT molecular complexity index is 640. The highest BCUT2D eigenvalue weighted by atomic mass is 16.6. The average Bonchev–Trinajstić information content (AvgIpc) is 2.59. The maximum atomic E-state index is 12.0. The first-order valence-corrected chi connectivity index (χ1v) is 7.38. The molecule has 1 aliphatic rings. The molecule has 0 atom stereocenters. The second-order valence-corrected chi connectivity index (χ2v) is 5.42. The standard InChI is InChI=1S/C15H19N3O6/c1-16(2)14(19)10-24-15(20)11-3-4-12(13(9-11)18(21)22)17-5-7-23-8-6-17/h3-4,9H,5-8,10H2,1-2H3. The summed E-state index contributed by atoms with van der Waals surface area (Å²) in [5.74, 6) is -1.15. The Morgan fingerprint density at radius 2 is 2.00 bits per heavy atom. The van der Waals surface area contributed by atoms with Gasteiger partial charge in [0.05, 0.1) is 23.7 Å². The van der Waals surface area contributed by atoms with E-state index in [1.54, 1.807) is 0 Å². The van der Waals surface area contributed by atoms with Crippen LogP contribution in [0.3, 0.4) is 0 Å². The molecule has 2 rings (SSSR count). The highest BCUT2D eigenvalue weighted by Crippen LogP contribution is 2.30. The first-order valence-electron chi connectivity index (χ1n) is 7.38. The van der Waals surface area contributed by atoms with Gasteiger partial charge in [0.15, 0.2) is 6.61 Å². The molecule has 1 aromatic rings. The van der Waals surface area contributed by atoms with Crippen molar-refractivity contribution < 1.29 is 24.0 Å². The van der Waals surface area contributed by atoms with Crippen LogP contribution in [0.2, 0.25) is 0 Å². The van der Waals surface area contributed by atoms with Gasteiger partial charge in [-0.25, -0.2) is 4.79 Å². The maximum absolute atomic E-state index is 12.0. The number of likely N-dealkylation sites (N-methyl/N-ethyl adjacent to an activating group) is 1. The molecule has 1 amide bonds. The molecule has 0 radical (unpaired) electrons. The Hall–Kier alpha value is -2.68. The smallest absolute Gasteiger partial charge is 0.338 e. The lowest BCUT2D eigenvalue weighted by molar-refractivity contribution is -0.384. The molecule has 1 saturated heterocycles. The molecule has 0 saturated carbocycles. The molecule has 0 bridgehead atoms. The van der Waals surface area contributed by atoms with E-state index in [2.05, 4.69) is 0 Å². The lowest BCUT2D eigenvalue weighted by Crippen LogP contribution is -2.36. The Kier molecular flexibility index (Phi) is 5.69. The van der Waals surface area contributed by atoms with E-state index < -0.39 is 17.5 Å². The zero-order chi connectivity index (χ0) is 17.7. The Labute approximate surface area is 138 Å². The molecule has 1 heterocycles. The van der Waals surface area contributed by atoms with Crippen molar-refractivity contribution >= 4 is 23.3 Å². The average molecular weight is 337 g/mol. The first kappa shape index (κ1) is 17.7. The van der Waals surface area contributed by atoms with Crippen molar-refractivity contribution in [3.8, 4) is 0 Å². The number of rotatable bonds is 5. The van der Waals surface area contributed by atoms with Crippen molar-refractivity contribution in [1.29, 1.82) is 0 Å². The normalized spacial score (nSPS) is 14.2. The molecule has 130 valence electrons. The fraction of sp³-hybridized carbons (Fsp3) is 0.467. The fourth-order valence-corrected chi connectivity index (χ4v) is 2.21. The first-order chi connectivity index (χ1) is 11.4. The summed E-state index contributed by atoms with van der Waals surface area (Å²) in [6.45, 7) is 1.66.